The Bertz CT molecular complexity index is 855. The highest BCUT2D eigenvalue weighted by molar-refractivity contribution is 5.87. The molecule has 3 saturated carbocycles. The molecule has 0 amide bonds. The number of hydrogen-bond acceptors (Lipinski definition) is 8. The molecule has 5 rings (SSSR count). The summed E-state index contributed by atoms with van der Waals surface area (Å²) in [6.07, 6.45) is 0.446. The molecule has 0 aromatic heterocycles. The van der Waals surface area contributed by atoms with E-state index in [4.69, 9.17) is 9.47 Å². The first-order valence-electron chi connectivity index (χ1n) is 12.4. The number of fused-ring (bicyclic) bond motifs is 5. The first kappa shape index (κ1) is 23.4. The molecule has 0 aromatic rings. The third-order valence-electron chi connectivity index (χ3n) is 9.87. The van der Waals surface area contributed by atoms with E-state index in [0.29, 0.717) is 42.8 Å². The summed E-state index contributed by atoms with van der Waals surface area (Å²) in [6.45, 7) is 4.50. The molecule has 0 unspecified atom stereocenters. The summed E-state index contributed by atoms with van der Waals surface area (Å²) in [5.41, 5.74) is 1.19. The molecule has 4 fully saturated rings. The smallest absolute Gasteiger partial charge is 0.338 e. The van der Waals surface area contributed by atoms with Gasteiger partial charge in [-0.1, -0.05) is 25.5 Å². The van der Waals surface area contributed by atoms with Gasteiger partial charge in [0, 0.05) is 18.3 Å². The highest BCUT2D eigenvalue weighted by atomic mass is 16.7. The van der Waals surface area contributed by atoms with E-state index >= 15 is 0 Å². The summed E-state index contributed by atoms with van der Waals surface area (Å²) in [5.74, 6) is 1.13. The number of ether oxygens (including phenoxy) is 2. The zero-order valence-corrected chi connectivity index (χ0v) is 19.4. The molecule has 11 atom stereocenters. The molecular formula is C25H36O8. The van der Waals surface area contributed by atoms with Crippen molar-refractivity contribution in [3.05, 3.63) is 11.6 Å². The van der Waals surface area contributed by atoms with Crippen LogP contribution < -0.4 is 0 Å². The van der Waals surface area contributed by atoms with Gasteiger partial charge in [0.25, 0.3) is 0 Å². The van der Waals surface area contributed by atoms with E-state index in [1.807, 2.05) is 0 Å². The normalized spacial score (nSPS) is 51.8. The van der Waals surface area contributed by atoms with E-state index in [1.165, 1.54) is 5.57 Å². The number of rotatable bonds is 2. The Morgan fingerprint density at radius 2 is 1.70 bits per heavy atom. The van der Waals surface area contributed by atoms with Gasteiger partial charge in [-0.25, -0.2) is 4.79 Å². The Hall–Kier alpha value is -1.32. The van der Waals surface area contributed by atoms with Crippen LogP contribution in [0.3, 0.4) is 0 Å². The molecule has 0 spiro atoms. The zero-order valence-electron chi connectivity index (χ0n) is 19.4. The van der Waals surface area contributed by atoms with Crippen molar-refractivity contribution in [2.24, 2.45) is 28.6 Å². The predicted octanol–water partition coefficient (Wildman–Crippen LogP) is 1.23. The maximum atomic E-state index is 12.7. The predicted molar refractivity (Wildman–Crippen MR) is 115 cm³/mol. The zero-order chi connectivity index (χ0) is 23.7. The SMILES string of the molecule is C[C@]12CC[C@H](OC(=O)[C@H]3O[C@@H](O)[C@H](O)[C@@H](O)[C@@H]3O)CC1=CC[C@@H]1[C@@H]2CC[C@]2(C)C(=O)CC[C@@H]12. The van der Waals surface area contributed by atoms with Crippen LogP contribution in [0.2, 0.25) is 0 Å². The summed E-state index contributed by atoms with van der Waals surface area (Å²) >= 11 is 0. The lowest BCUT2D eigenvalue weighted by molar-refractivity contribution is -0.282. The van der Waals surface area contributed by atoms with Crippen LogP contribution in [0.5, 0.6) is 0 Å². The average Bonchev–Trinajstić information content (AvgIpc) is 3.09. The molecule has 8 nitrogen and oxygen atoms in total. The van der Waals surface area contributed by atoms with Gasteiger partial charge in [-0.2, -0.15) is 0 Å². The lowest BCUT2D eigenvalue weighted by atomic mass is 9.48. The molecule has 1 aliphatic heterocycles. The maximum absolute atomic E-state index is 12.7. The number of carbonyl (C=O) groups is 2. The number of esters is 1. The van der Waals surface area contributed by atoms with Gasteiger partial charge in [-0.15, -0.1) is 0 Å². The Labute approximate surface area is 194 Å². The maximum Gasteiger partial charge on any atom is 0.338 e. The number of hydrogen-bond donors (Lipinski definition) is 4. The van der Waals surface area contributed by atoms with Crippen LogP contribution in [-0.2, 0) is 19.1 Å². The lowest BCUT2D eigenvalue weighted by Gasteiger charge is -2.56. The minimum atomic E-state index is -1.77. The monoisotopic (exact) mass is 464 g/mol. The van der Waals surface area contributed by atoms with E-state index < -0.39 is 36.7 Å². The Kier molecular flexibility index (Phi) is 5.77. The summed E-state index contributed by atoms with van der Waals surface area (Å²) in [5, 5.41) is 39.3. The molecule has 5 aliphatic rings. The molecular weight excluding hydrogens is 428 g/mol. The lowest BCUT2D eigenvalue weighted by Crippen LogP contribution is -2.60. The van der Waals surface area contributed by atoms with E-state index in [1.54, 1.807) is 0 Å². The van der Waals surface area contributed by atoms with Gasteiger partial charge in [-0.3, -0.25) is 4.79 Å². The largest absolute Gasteiger partial charge is 0.460 e. The topological polar surface area (TPSA) is 134 Å². The number of aliphatic hydroxyl groups is 4. The van der Waals surface area contributed by atoms with E-state index in [9.17, 15) is 30.0 Å². The summed E-state index contributed by atoms with van der Waals surface area (Å²) in [7, 11) is 0. The fraction of sp³-hybridized carbons (Fsp3) is 0.840. The van der Waals surface area contributed by atoms with Crippen LogP contribution in [0.4, 0.5) is 0 Å². The van der Waals surface area contributed by atoms with Crippen molar-refractivity contribution in [2.75, 3.05) is 0 Å². The molecule has 0 radical (unpaired) electrons. The summed E-state index contributed by atoms with van der Waals surface area (Å²) in [6, 6.07) is 0. The number of aliphatic hydroxyl groups excluding tert-OH is 4. The summed E-state index contributed by atoms with van der Waals surface area (Å²) < 4.78 is 10.7. The first-order valence-corrected chi connectivity index (χ1v) is 12.4. The average molecular weight is 465 g/mol. The van der Waals surface area contributed by atoms with Gasteiger partial charge in [-0.05, 0) is 61.7 Å². The minimum absolute atomic E-state index is 0.0378. The Balaban J connectivity index is 1.27. The first-order chi connectivity index (χ1) is 15.6. The Morgan fingerprint density at radius 3 is 2.45 bits per heavy atom. The van der Waals surface area contributed by atoms with Gasteiger partial charge in [0.15, 0.2) is 12.4 Å². The number of allylic oxidation sites excluding steroid dienone is 1. The quantitative estimate of drug-likeness (QED) is 0.354. The molecule has 33 heavy (non-hydrogen) atoms. The molecule has 1 saturated heterocycles. The van der Waals surface area contributed by atoms with Crippen molar-refractivity contribution < 1.29 is 39.5 Å². The van der Waals surface area contributed by atoms with E-state index in [0.717, 1.165) is 32.1 Å². The van der Waals surface area contributed by atoms with Crippen LogP contribution >= 0.6 is 0 Å². The van der Waals surface area contributed by atoms with Gasteiger partial charge >= 0.3 is 5.97 Å². The second-order valence-electron chi connectivity index (χ2n) is 11.4. The second kappa shape index (κ2) is 8.12. The molecule has 4 aliphatic carbocycles. The fourth-order valence-electron chi connectivity index (χ4n) is 7.79. The van der Waals surface area contributed by atoms with E-state index in [-0.39, 0.29) is 16.9 Å². The minimum Gasteiger partial charge on any atom is -0.460 e. The number of ketones is 1. The van der Waals surface area contributed by atoms with Crippen molar-refractivity contribution in [1.82, 2.24) is 0 Å². The third-order valence-corrected chi connectivity index (χ3v) is 9.87. The molecule has 0 bridgehead atoms. The highest BCUT2D eigenvalue weighted by Crippen LogP contribution is 2.64. The van der Waals surface area contributed by atoms with Gasteiger partial charge in [0.05, 0.1) is 0 Å². The second-order valence-corrected chi connectivity index (χ2v) is 11.4. The van der Waals surface area contributed by atoms with Crippen LogP contribution in [0.15, 0.2) is 11.6 Å². The number of Topliss-reactive ketones (excluding diaryl/α,β-unsaturated/α-hetero) is 1. The van der Waals surface area contributed by atoms with Crippen LogP contribution in [0.25, 0.3) is 0 Å². The van der Waals surface area contributed by atoms with Gasteiger partial charge < -0.3 is 29.9 Å². The molecule has 4 N–H and O–H groups in total. The van der Waals surface area contributed by atoms with E-state index in [2.05, 4.69) is 19.9 Å². The molecule has 0 aromatic carbocycles. The Morgan fingerprint density at radius 1 is 1.00 bits per heavy atom. The van der Waals surface area contributed by atoms with Gasteiger partial charge in [0.2, 0.25) is 0 Å². The standard InChI is InChI=1S/C25H36O8/c1-24-9-7-13(32-23(31)21-19(28)18(27)20(29)22(30)33-21)11-12(24)3-4-14-15-5-6-17(26)25(15,2)10-8-16(14)24/h3,13-16,18-22,27-30H,4-11H2,1-2H3/t13-,14-,15-,16-,18-,19-,20+,21-,22+,24-,25-/m0/s1. The van der Waals surface area contributed by atoms with Crippen LogP contribution in [0.1, 0.15) is 65.2 Å². The van der Waals surface area contributed by atoms with Crippen molar-refractivity contribution in [1.29, 1.82) is 0 Å². The molecule has 8 heteroatoms. The van der Waals surface area contributed by atoms with Crippen molar-refractivity contribution in [2.45, 2.75) is 102 Å². The van der Waals surface area contributed by atoms with Crippen LogP contribution in [0, 0.1) is 28.6 Å². The van der Waals surface area contributed by atoms with Crippen molar-refractivity contribution in [3.8, 4) is 0 Å². The van der Waals surface area contributed by atoms with Crippen molar-refractivity contribution in [3.63, 3.8) is 0 Å². The summed E-state index contributed by atoms with van der Waals surface area (Å²) in [4.78, 5) is 25.3. The number of carbonyl (C=O) groups excluding carboxylic acids is 2. The molecule has 184 valence electrons. The highest BCUT2D eigenvalue weighted by Gasteiger charge is 2.59. The third kappa shape index (κ3) is 3.52. The van der Waals surface area contributed by atoms with Crippen LogP contribution in [-0.4, -0.2) is 69.0 Å². The van der Waals surface area contributed by atoms with Crippen molar-refractivity contribution >= 4 is 11.8 Å². The fourth-order valence-corrected chi connectivity index (χ4v) is 7.79. The molecule has 1 heterocycles. The van der Waals surface area contributed by atoms with Gasteiger partial charge in [0.1, 0.15) is 30.2 Å².